The first kappa shape index (κ1) is 16.6. The molecule has 0 amide bonds. The molecule has 0 atom stereocenters. The smallest absolute Gasteiger partial charge is 0.134 e. The van der Waals surface area contributed by atoms with Gasteiger partial charge in [0.25, 0.3) is 0 Å². The van der Waals surface area contributed by atoms with Gasteiger partial charge in [-0.15, -0.1) is 0 Å². The average Bonchev–Trinajstić information content (AvgIpc) is 2.92. The molecule has 1 fully saturated rings. The number of hydrogen-bond donors (Lipinski definition) is 1. The standard InChI is InChI=1S/C19H26N4O/c1-24-17-8-6-16(7-9-17)10-11-20-18-14-19(22-15-21-18)23-12-4-2-3-5-13-23/h6-9,14-15H,2-5,10-13H2,1H3,(H,20,21,22). The summed E-state index contributed by atoms with van der Waals surface area (Å²) in [4.78, 5) is 11.2. The van der Waals surface area contributed by atoms with Gasteiger partial charge in [-0.05, 0) is 37.0 Å². The maximum Gasteiger partial charge on any atom is 0.134 e. The summed E-state index contributed by atoms with van der Waals surface area (Å²) in [6.07, 6.45) is 7.78. The Hall–Kier alpha value is -2.30. The molecule has 1 aromatic heterocycles. The first-order chi connectivity index (χ1) is 11.8. The second-order valence-corrected chi connectivity index (χ2v) is 6.19. The summed E-state index contributed by atoms with van der Waals surface area (Å²) in [6, 6.07) is 10.3. The molecule has 3 rings (SSSR count). The normalized spacial score (nSPS) is 15.0. The Bertz CT molecular complexity index is 622. The minimum Gasteiger partial charge on any atom is -0.497 e. The second kappa shape index (κ2) is 8.52. The van der Waals surface area contributed by atoms with Crippen molar-refractivity contribution in [2.75, 3.05) is 37.0 Å². The Labute approximate surface area is 144 Å². The Morgan fingerprint density at radius 3 is 2.50 bits per heavy atom. The third-order valence-corrected chi connectivity index (χ3v) is 4.46. The van der Waals surface area contributed by atoms with E-state index in [9.17, 15) is 0 Å². The lowest BCUT2D eigenvalue weighted by Gasteiger charge is -2.21. The van der Waals surface area contributed by atoms with Crippen molar-refractivity contribution < 1.29 is 4.74 Å². The Morgan fingerprint density at radius 2 is 1.79 bits per heavy atom. The molecular formula is C19H26N4O. The second-order valence-electron chi connectivity index (χ2n) is 6.19. The molecule has 0 radical (unpaired) electrons. The van der Waals surface area contributed by atoms with Gasteiger partial charge < -0.3 is 15.0 Å². The number of benzene rings is 1. The van der Waals surface area contributed by atoms with E-state index in [0.717, 1.165) is 43.4 Å². The highest BCUT2D eigenvalue weighted by atomic mass is 16.5. The lowest BCUT2D eigenvalue weighted by atomic mass is 10.1. The van der Waals surface area contributed by atoms with Crippen LogP contribution in [0.3, 0.4) is 0 Å². The van der Waals surface area contributed by atoms with Gasteiger partial charge in [0.15, 0.2) is 0 Å². The molecular weight excluding hydrogens is 300 g/mol. The molecule has 1 aliphatic rings. The third kappa shape index (κ3) is 4.60. The monoisotopic (exact) mass is 326 g/mol. The molecule has 1 N–H and O–H groups in total. The van der Waals surface area contributed by atoms with Crippen LogP contribution < -0.4 is 15.0 Å². The molecule has 0 aliphatic carbocycles. The van der Waals surface area contributed by atoms with Crippen LogP contribution in [0.25, 0.3) is 0 Å². The largest absolute Gasteiger partial charge is 0.497 e. The van der Waals surface area contributed by atoms with E-state index < -0.39 is 0 Å². The van der Waals surface area contributed by atoms with Gasteiger partial charge in [-0.25, -0.2) is 9.97 Å². The van der Waals surface area contributed by atoms with Crippen LogP contribution in [-0.2, 0) is 6.42 Å². The first-order valence-corrected chi connectivity index (χ1v) is 8.79. The van der Waals surface area contributed by atoms with Crippen molar-refractivity contribution in [2.24, 2.45) is 0 Å². The average molecular weight is 326 g/mol. The highest BCUT2D eigenvalue weighted by molar-refractivity contribution is 5.48. The summed E-state index contributed by atoms with van der Waals surface area (Å²) < 4.78 is 5.19. The number of methoxy groups -OCH3 is 1. The molecule has 24 heavy (non-hydrogen) atoms. The number of nitrogens with zero attached hydrogens (tertiary/aromatic N) is 3. The molecule has 5 nitrogen and oxygen atoms in total. The van der Waals surface area contributed by atoms with Gasteiger partial charge in [0, 0.05) is 25.7 Å². The number of rotatable bonds is 6. The molecule has 0 unspecified atom stereocenters. The zero-order chi connectivity index (χ0) is 16.6. The number of anilines is 2. The predicted molar refractivity (Wildman–Crippen MR) is 97.9 cm³/mol. The summed E-state index contributed by atoms with van der Waals surface area (Å²) in [5.41, 5.74) is 1.28. The minimum atomic E-state index is 0.850. The maximum absolute atomic E-state index is 5.19. The SMILES string of the molecule is COc1ccc(CCNc2cc(N3CCCCCC3)ncn2)cc1. The first-order valence-electron chi connectivity index (χ1n) is 8.79. The van der Waals surface area contributed by atoms with Gasteiger partial charge in [0.05, 0.1) is 7.11 Å². The molecule has 0 bridgehead atoms. The molecule has 1 aromatic carbocycles. The maximum atomic E-state index is 5.19. The topological polar surface area (TPSA) is 50.3 Å². The number of nitrogens with one attached hydrogen (secondary N) is 1. The van der Waals surface area contributed by atoms with E-state index in [0.29, 0.717) is 0 Å². The Balaban J connectivity index is 1.54. The van der Waals surface area contributed by atoms with E-state index in [4.69, 9.17) is 4.74 Å². The fraction of sp³-hybridized carbons (Fsp3) is 0.474. The number of ether oxygens (including phenoxy) is 1. The molecule has 2 heterocycles. The predicted octanol–water partition coefficient (Wildman–Crippen LogP) is 3.52. The highest BCUT2D eigenvalue weighted by Crippen LogP contribution is 2.19. The number of aromatic nitrogens is 2. The zero-order valence-corrected chi connectivity index (χ0v) is 14.4. The van der Waals surface area contributed by atoms with Gasteiger partial charge >= 0.3 is 0 Å². The molecule has 0 saturated carbocycles. The van der Waals surface area contributed by atoms with E-state index in [1.165, 1.54) is 31.2 Å². The molecule has 2 aromatic rings. The van der Waals surface area contributed by atoms with Crippen molar-refractivity contribution >= 4 is 11.6 Å². The van der Waals surface area contributed by atoms with E-state index >= 15 is 0 Å². The van der Waals surface area contributed by atoms with Crippen molar-refractivity contribution in [1.82, 2.24) is 9.97 Å². The van der Waals surface area contributed by atoms with Crippen molar-refractivity contribution in [2.45, 2.75) is 32.1 Å². The van der Waals surface area contributed by atoms with Gasteiger partial charge in [-0.2, -0.15) is 0 Å². The van der Waals surface area contributed by atoms with Crippen molar-refractivity contribution in [1.29, 1.82) is 0 Å². The van der Waals surface area contributed by atoms with Crippen molar-refractivity contribution in [3.63, 3.8) is 0 Å². The van der Waals surface area contributed by atoms with Gasteiger partial charge in [-0.1, -0.05) is 25.0 Å². The summed E-state index contributed by atoms with van der Waals surface area (Å²) in [5, 5.41) is 3.41. The molecule has 128 valence electrons. The summed E-state index contributed by atoms with van der Waals surface area (Å²) in [6.45, 7) is 3.05. The van der Waals surface area contributed by atoms with E-state index in [1.807, 2.05) is 12.1 Å². The minimum absolute atomic E-state index is 0.850. The van der Waals surface area contributed by atoms with Gasteiger partial charge in [-0.3, -0.25) is 0 Å². The molecule has 1 saturated heterocycles. The summed E-state index contributed by atoms with van der Waals surface area (Å²) in [7, 11) is 1.69. The van der Waals surface area contributed by atoms with Crippen LogP contribution in [0.4, 0.5) is 11.6 Å². The zero-order valence-electron chi connectivity index (χ0n) is 14.4. The lowest BCUT2D eigenvalue weighted by molar-refractivity contribution is 0.414. The van der Waals surface area contributed by atoms with E-state index in [1.54, 1.807) is 13.4 Å². The Kier molecular flexibility index (Phi) is 5.88. The Morgan fingerprint density at radius 1 is 1.04 bits per heavy atom. The number of hydrogen-bond acceptors (Lipinski definition) is 5. The summed E-state index contributed by atoms with van der Waals surface area (Å²) in [5.74, 6) is 2.83. The van der Waals surface area contributed by atoms with Crippen LogP contribution in [-0.4, -0.2) is 36.7 Å². The quantitative estimate of drug-likeness (QED) is 0.880. The van der Waals surface area contributed by atoms with Crippen LogP contribution in [0.1, 0.15) is 31.2 Å². The van der Waals surface area contributed by atoms with Crippen LogP contribution >= 0.6 is 0 Å². The fourth-order valence-electron chi connectivity index (χ4n) is 3.04. The molecule has 0 spiro atoms. The molecule has 1 aliphatic heterocycles. The fourth-order valence-corrected chi connectivity index (χ4v) is 3.04. The van der Waals surface area contributed by atoms with Crippen LogP contribution in [0, 0.1) is 0 Å². The summed E-state index contributed by atoms with van der Waals surface area (Å²) >= 11 is 0. The van der Waals surface area contributed by atoms with Gasteiger partial charge in [0.2, 0.25) is 0 Å². The third-order valence-electron chi connectivity index (χ3n) is 4.46. The highest BCUT2D eigenvalue weighted by Gasteiger charge is 2.11. The van der Waals surface area contributed by atoms with Crippen molar-refractivity contribution in [3.8, 4) is 5.75 Å². The van der Waals surface area contributed by atoms with Crippen LogP contribution in [0.15, 0.2) is 36.7 Å². The van der Waals surface area contributed by atoms with E-state index in [2.05, 4.69) is 38.4 Å². The van der Waals surface area contributed by atoms with Crippen LogP contribution in [0.2, 0.25) is 0 Å². The van der Waals surface area contributed by atoms with Gasteiger partial charge in [0.1, 0.15) is 23.7 Å². The van der Waals surface area contributed by atoms with E-state index in [-0.39, 0.29) is 0 Å². The van der Waals surface area contributed by atoms with Crippen molar-refractivity contribution in [3.05, 3.63) is 42.2 Å². The molecule has 5 heteroatoms. The lowest BCUT2D eigenvalue weighted by Crippen LogP contribution is -2.25. The van der Waals surface area contributed by atoms with Crippen LogP contribution in [0.5, 0.6) is 5.75 Å².